The van der Waals surface area contributed by atoms with Crippen molar-refractivity contribution in [1.82, 2.24) is 4.90 Å². The van der Waals surface area contributed by atoms with E-state index in [2.05, 4.69) is 35.1 Å². The van der Waals surface area contributed by atoms with Crippen LogP contribution in [0.3, 0.4) is 0 Å². The third kappa shape index (κ3) is 1.31. The smallest absolute Gasteiger partial charge is 0.318 e. The van der Waals surface area contributed by atoms with Crippen molar-refractivity contribution < 1.29 is 19.4 Å². The van der Waals surface area contributed by atoms with Crippen LogP contribution < -0.4 is 4.90 Å². The number of hydrogen-bond acceptors (Lipinski definition) is 6. The van der Waals surface area contributed by atoms with Crippen molar-refractivity contribution in [3.8, 4) is 0 Å². The Balaban J connectivity index is 1.80. The van der Waals surface area contributed by atoms with Crippen molar-refractivity contribution in [3.63, 3.8) is 0 Å². The highest BCUT2D eigenvalue weighted by molar-refractivity contribution is 5.87. The summed E-state index contributed by atoms with van der Waals surface area (Å²) in [5.41, 5.74) is 1.31. The van der Waals surface area contributed by atoms with Crippen molar-refractivity contribution in [2.24, 2.45) is 11.3 Å². The summed E-state index contributed by atoms with van der Waals surface area (Å²) in [6.45, 7) is 3.71. The molecule has 0 aromatic heterocycles. The molecule has 6 aliphatic heterocycles. The van der Waals surface area contributed by atoms with Crippen LogP contribution in [0.2, 0.25) is 0 Å². The number of anilines is 1. The predicted octanol–water partition coefficient (Wildman–Crippen LogP) is 1.63. The summed E-state index contributed by atoms with van der Waals surface area (Å²) in [6.07, 6.45) is 2.33. The van der Waals surface area contributed by atoms with Crippen molar-refractivity contribution in [3.05, 3.63) is 41.5 Å². The molecule has 5 saturated heterocycles. The number of likely N-dealkylation sites (N-methyl/N-ethyl adjacent to an activating group) is 1. The minimum absolute atomic E-state index is 0.0864. The monoisotopic (exact) mass is 382 g/mol. The molecule has 28 heavy (non-hydrogen) atoms. The van der Waals surface area contributed by atoms with Gasteiger partial charge in [-0.3, -0.25) is 9.69 Å². The summed E-state index contributed by atoms with van der Waals surface area (Å²) in [5, 5.41) is 11.4. The average Bonchev–Trinajstić information content (AvgIpc) is 3.11. The summed E-state index contributed by atoms with van der Waals surface area (Å²) in [4.78, 5) is 18.5. The van der Waals surface area contributed by atoms with Gasteiger partial charge >= 0.3 is 5.97 Å². The quantitative estimate of drug-likeness (QED) is 0.589. The molecule has 6 bridgehead atoms. The molecule has 1 aromatic carbocycles. The van der Waals surface area contributed by atoms with Crippen LogP contribution >= 0.6 is 0 Å². The molecular weight excluding hydrogens is 356 g/mol. The lowest BCUT2D eigenvalue weighted by atomic mass is 9.43. The second-order valence-electron chi connectivity index (χ2n) is 8.87. The first kappa shape index (κ1) is 17.0. The number of aliphatic hydroxyl groups is 1. The van der Waals surface area contributed by atoms with E-state index in [1.165, 1.54) is 12.7 Å². The van der Waals surface area contributed by atoms with Gasteiger partial charge in [0.25, 0.3) is 0 Å². The number of esters is 1. The predicted molar refractivity (Wildman–Crippen MR) is 103 cm³/mol. The fraction of sp³-hybridized carbons (Fsp3) is 0.591. The Labute approximate surface area is 164 Å². The Kier molecular flexibility index (Phi) is 3.03. The standard InChI is InChI=1S/C22H26N2O4/c1-4-13-12-24-10-9-20-14-7-5-6-8-16(14)23(2)22(20,24)17-11-15(13)21(20,18(25)27-3)19(26)28-17/h4-8,15,17,19,26H,9-12H2,1-3H3/b13-4-/t15?,17-,19-,20+,21+,22?/m1/s1. The van der Waals surface area contributed by atoms with Gasteiger partial charge in [-0.05, 0) is 31.4 Å². The number of allylic oxidation sites excluding steroid dienone is 1. The zero-order valence-electron chi connectivity index (χ0n) is 16.5. The maximum atomic E-state index is 13.7. The lowest BCUT2D eigenvalue weighted by Crippen LogP contribution is -2.83. The van der Waals surface area contributed by atoms with Crippen molar-refractivity contribution >= 4 is 11.7 Å². The Morgan fingerprint density at radius 1 is 1.39 bits per heavy atom. The minimum atomic E-state index is -1.18. The number of para-hydroxylation sites is 1. The topological polar surface area (TPSA) is 62.2 Å². The molecule has 6 nitrogen and oxygen atoms in total. The molecule has 1 aliphatic carbocycles. The van der Waals surface area contributed by atoms with Gasteiger partial charge in [-0.1, -0.05) is 29.8 Å². The molecule has 6 fully saturated rings. The first-order valence-electron chi connectivity index (χ1n) is 10.2. The molecule has 1 N–H and O–H groups in total. The van der Waals surface area contributed by atoms with E-state index in [0.717, 1.165) is 37.2 Å². The van der Waals surface area contributed by atoms with Gasteiger partial charge in [0, 0.05) is 31.7 Å². The molecule has 0 amide bonds. The largest absolute Gasteiger partial charge is 0.468 e. The molecule has 148 valence electrons. The van der Waals surface area contributed by atoms with Crippen LogP contribution in [0.25, 0.3) is 0 Å². The van der Waals surface area contributed by atoms with Gasteiger partial charge in [0.1, 0.15) is 11.1 Å². The molecule has 1 saturated carbocycles. The summed E-state index contributed by atoms with van der Waals surface area (Å²) in [5.74, 6) is -0.433. The SMILES string of the molecule is C/C=C1/CN2CC[C@@]34c5ccccc5N(C)C23[C@H]2CC1[C@]4(C(=O)OC)[C@H](O)O2. The number of ether oxygens (including phenoxy) is 2. The number of benzene rings is 1. The fourth-order valence-electron chi connectivity index (χ4n) is 8.01. The van der Waals surface area contributed by atoms with Gasteiger partial charge in [-0.2, -0.15) is 0 Å². The Bertz CT molecular complexity index is 931. The number of aliphatic hydroxyl groups excluding tert-OH is 1. The normalized spacial score (nSPS) is 48.6. The van der Waals surface area contributed by atoms with E-state index < -0.39 is 22.8 Å². The lowest BCUT2D eigenvalue weighted by Gasteiger charge is -2.67. The summed E-state index contributed by atoms with van der Waals surface area (Å²) in [6, 6.07) is 8.37. The highest BCUT2D eigenvalue weighted by Crippen LogP contribution is 2.77. The molecule has 0 radical (unpaired) electrons. The first-order valence-corrected chi connectivity index (χ1v) is 10.2. The van der Waals surface area contributed by atoms with Crippen molar-refractivity contribution in [2.45, 2.75) is 43.2 Å². The van der Waals surface area contributed by atoms with Crippen LogP contribution in [-0.2, 0) is 19.7 Å². The van der Waals surface area contributed by atoms with Crippen LogP contribution in [0.1, 0.15) is 25.3 Å². The second-order valence-corrected chi connectivity index (χ2v) is 8.87. The van der Waals surface area contributed by atoms with Gasteiger partial charge < -0.3 is 19.5 Å². The summed E-state index contributed by atoms with van der Waals surface area (Å²) >= 11 is 0. The third-order valence-corrected chi connectivity index (χ3v) is 8.66. The number of carbonyl (C=O) groups is 1. The van der Waals surface area contributed by atoms with Crippen LogP contribution in [0.5, 0.6) is 0 Å². The maximum Gasteiger partial charge on any atom is 0.318 e. The van der Waals surface area contributed by atoms with Crippen LogP contribution in [-0.4, -0.2) is 61.3 Å². The summed E-state index contributed by atoms with van der Waals surface area (Å²) < 4.78 is 11.7. The van der Waals surface area contributed by atoms with Crippen LogP contribution in [0, 0.1) is 11.3 Å². The molecule has 8 rings (SSSR count). The minimum Gasteiger partial charge on any atom is -0.468 e. The van der Waals surface area contributed by atoms with Crippen molar-refractivity contribution in [2.75, 3.05) is 32.1 Å². The van der Waals surface area contributed by atoms with E-state index in [1.54, 1.807) is 0 Å². The van der Waals surface area contributed by atoms with Gasteiger partial charge in [-0.15, -0.1) is 0 Å². The first-order chi connectivity index (χ1) is 13.5. The van der Waals surface area contributed by atoms with E-state index in [9.17, 15) is 9.90 Å². The molecule has 7 aliphatic rings. The number of nitrogens with zero attached hydrogens (tertiary/aromatic N) is 2. The number of hydrogen-bond donors (Lipinski definition) is 1. The highest BCUT2D eigenvalue weighted by atomic mass is 16.6. The van der Waals surface area contributed by atoms with Gasteiger partial charge in [0.2, 0.25) is 0 Å². The van der Waals surface area contributed by atoms with Gasteiger partial charge in [-0.25, -0.2) is 0 Å². The third-order valence-electron chi connectivity index (χ3n) is 8.66. The molecule has 6 heteroatoms. The molecule has 7 atom stereocenters. The van der Waals surface area contributed by atoms with Gasteiger partial charge in [0.15, 0.2) is 6.29 Å². The molecule has 1 spiro atoms. The molecule has 6 heterocycles. The Morgan fingerprint density at radius 3 is 2.93 bits per heavy atom. The van der Waals surface area contributed by atoms with E-state index in [4.69, 9.17) is 9.47 Å². The molecule has 1 aromatic rings. The van der Waals surface area contributed by atoms with Crippen molar-refractivity contribution in [1.29, 1.82) is 0 Å². The Morgan fingerprint density at radius 2 is 2.18 bits per heavy atom. The van der Waals surface area contributed by atoms with E-state index in [0.29, 0.717) is 0 Å². The maximum absolute atomic E-state index is 13.7. The highest BCUT2D eigenvalue weighted by Gasteiger charge is 2.89. The summed E-state index contributed by atoms with van der Waals surface area (Å²) in [7, 11) is 3.56. The van der Waals surface area contributed by atoms with E-state index >= 15 is 0 Å². The number of methoxy groups -OCH3 is 1. The lowest BCUT2D eigenvalue weighted by molar-refractivity contribution is -0.331. The second kappa shape index (κ2) is 4.99. The zero-order valence-corrected chi connectivity index (χ0v) is 16.5. The number of rotatable bonds is 1. The average molecular weight is 382 g/mol. The van der Waals surface area contributed by atoms with Gasteiger partial charge in [0.05, 0.1) is 18.6 Å². The number of carbonyl (C=O) groups excluding carboxylic acids is 1. The molecule has 3 unspecified atom stereocenters. The van der Waals surface area contributed by atoms with Crippen LogP contribution in [0.15, 0.2) is 35.9 Å². The molecular formula is C22H26N2O4. The van der Waals surface area contributed by atoms with E-state index in [-0.39, 0.29) is 18.0 Å². The van der Waals surface area contributed by atoms with E-state index in [1.807, 2.05) is 19.1 Å². The number of fused-ring (bicyclic) bond motifs is 3. The zero-order chi connectivity index (χ0) is 19.5. The Hall–Kier alpha value is -1.89. The fourth-order valence-corrected chi connectivity index (χ4v) is 8.01. The van der Waals surface area contributed by atoms with Crippen LogP contribution in [0.4, 0.5) is 5.69 Å².